The predicted octanol–water partition coefficient (Wildman–Crippen LogP) is 2.45. The summed E-state index contributed by atoms with van der Waals surface area (Å²) in [5.74, 6) is 0. The van der Waals surface area contributed by atoms with Crippen LogP contribution in [0.4, 0.5) is 18.0 Å². The van der Waals surface area contributed by atoms with Gasteiger partial charge in [0.05, 0.1) is 5.56 Å². The molecule has 2 aromatic rings. The number of carbonyl (C=O) groups excluding carboxylic acids is 1. The average Bonchev–Trinajstić information content (AvgIpc) is 2.76. The monoisotopic (exact) mass is 291 g/mol. The number of nitrogens with zero attached hydrogens (tertiary/aromatic N) is 3. The molecule has 2 amide bonds. The molecule has 1 aromatic heterocycles. The van der Waals surface area contributed by atoms with E-state index in [2.05, 4.69) is 15.0 Å². The standard InChI is InChI=1S/C14H8F3N3O/c1-7-10(6-11-12(18-7)20-13(21)19-11)8-3-2-4-9(5-8)14(15,16)17/h2-6H,1H3. The Balaban J connectivity index is 2.20. The Morgan fingerprint density at radius 1 is 1.10 bits per heavy atom. The zero-order chi connectivity index (χ0) is 15.2. The molecule has 0 unspecified atom stereocenters. The van der Waals surface area contributed by atoms with E-state index in [-0.39, 0.29) is 10.8 Å². The van der Waals surface area contributed by atoms with Gasteiger partial charge in [-0.2, -0.15) is 23.2 Å². The summed E-state index contributed by atoms with van der Waals surface area (Å²) in [6.45, 7) is 1.65. The molecule has 2 heterocycles. The summed E-state index contributed by atoms with van der Waals surface area (Å²) in [6.07, 6.45) is -4.41. The third-order valence-electron chi connectivity index (χ3n) is 3.09. The van der Waals surface area contributed by atoms with Crippen molar-refractivity contribution in [1.29, 1.82) is 0 Å². The highest BCUT2D eigenvalue weighted by molar-refractivity contribution is 5.77. The van der Waals surface area contributed by atoms with Gasteiger partial charge in [0.25, 0.3) is 0 Å². The maximum Gasteiger partial charge on any atom is 0.416 e. The van der Waals surface area contributed by atoms with E-state index in [4.69, 9.17) is 0 Å². The van der Waals surface area contributed by atoms with Gasteiger partial charge in [0.1, 0.15) is 5.36 Å². The molecule has 0 aliphatic carbocycles. The summed E-state index contributed by atoms with van der Waals surface area (Å²) in [6, 6.07) is 5.81. The van der Waals surface area contributed by atoms with Crippen molar-refractivity contribution in [3.63, 3.8) is 0 Å². The molecule has 0 radical (unpaired) electrons. The first-order valence-corrected chi connectivity index (χ1v) is 6.01. The number of fused-ring (bicyclic) bond motifs is 1. The van der Waals surface area contributed by atoms with Crippen molar-refractivity contribution >= 4 is 6.03 Å². The lowest BCUT2D eigenvalue weighted by Crippen LogP contribution is -2.26. The van der Waals surface area contributed by atoms with Crippen LogP contribution in [-0.4, -0.2) is 11.0 Å². The van der Waals surface area contributed by atoms with Crippen LogP contribution in [0.3, 0.4) is 0 Å². The van der Waals surface area contributed by atoms with Crippen molar-refractivity contribution < 1.29 is 18.0 Å². The minimum atomic E-state index is -4.41. The normalized spacial score (nSPS) is 13.6. The summed E-state index contributed by atoms with van der Waals surface area (Å²) in [5, 5.41) is 0.276. The zero-order valence-corrected chi connectivity index (χ0v) is 10.8. The minimum Gasteiger partial charge on any atom is -0.244 e. The number of amides is 2. The van der Waals surface area contributed by atoms with Gasteiger partial charge in [0.15, 0.2) is 5.49 Å². The van der Waals surface area contributed by atoms with E-state index in [1.54, 1.807) is 13.0 Å². The maximum atomic E-state index is 12.8. The molecule has 0 bridgehead atoms. The minimum absolute atomic E-state index is 0.202. The Hall–Kier alpha value is -2.57. The quantitative estimate of drug-likeness (QED) is 0.810. The Morgan fingerprint density at radius 2 is 1.86 bits per heavy atom. The SMILES string of the molecule is Cc1nc2c(cc1-c1cccc(C(F)(F)F)c1)=NC(=O)N=2. The molecule has 106 valence electrons. The molecule has 21 heavy (non-hydrogen) atoms. The maximum absolute atomic E-state index is 12.8. The topological polar surface area (TPSA) is 54.7 Å². The summed E-state index contributed by atoms with van der Waals surface area (Å²) < 4.78 is 38.3. The van der Waals surface area contributed by atoms with Crippen LogP contribution in [-0.2, 0) is 6.18 Å². The number of hydrogen-bond acceptors (Lipinski definition) is 2. The van der Waals surface area contributed by atoms with Gasteiger partial charge in [-0.25, -0.2) is 9.78 Å². The lowest BCUT2D eigenvalue weighted by Gasteiger charge is -2.09. The molecule has 1 aliphatic heterocycles. The third kappa shape index (κ3) is 2.42. The highest BCUT2D eigenvalue weighted by Gasteiger charge is 2.30. The van der Waals surface area contributed by atoms with E-state index in [1.165, 1.54) is 12.1 Å². The molecule has 4 nitrogen and oxygen atoms in total. The van der Waals surface area contributed by atoms with Crippen molar-refractivity contribution in [2.75, 3.05) is 0 Å². The number of hydrogen-bond donors (Lipinski definition) is 0. The highest BCUT2D eigenvalue weighted by atomic mass is 19.4. The molecule has 0 atom stereocenters. The second kappa shape index (κ2) is 4.47. The number of rotatable bonds is 1. The number of urea groups is 1. The molecule has 1 aliphatic rings. The Labute approximate surface area is 116 Å². The molecule has 0 saturated carbocycles. The fraction of sp³-hybridized carbons (Fsp3) is 0.143. The number of alkyl halides is 3. The number of carbonyl (C=O) groups is 1. The number of pyridine rings is 1. The molecule has 1 aromatic carbocycles. The van der Waals surface area contributed by atoms with E-state index < -0.39 is 17.8 Å². The van der Waals surface area contributed by atoms with Crippen LogP contribution in [0.15, 0.2) is 40.3 Å². The van der Waals surface area contributed by atoms with Gasteiger partial charge in [-0.1, -0.05) is 12.1 Å². The van der Waals surface area contributed by atoms with Crippen LogP contribution < -0.4 is 10.8 Å². The first-order valence-electron chi connectivity index (χ1n) is 6.01. The predicted molar refractivity (Wildman–Crippen MR) is 67.1 cm³/mol. The number of aryl methyl sites for hydroxylation is 1. The van der Waals surface area contributed by atoms with E-state index >= 15 is 0 Å². The molecule has 7 heteroatoms. The first kappa shape index (κ1) is 13.4. The van der Waals surface area contributed by atoms with Crippen molar-refractivity contribution in [2.45, 2.75) is 13.1 Å². The van der Waals surface area contributed by atoms with Gasteiger partial charge >= 0.3 is 12.2 Å². The summed E-state index contributed by atoms with van der Waals surface area (Å²) in [4.78, 5) is 22.5. The lowest BCUT2D eigenvalue weighted by atomic mass is 10.0. The molecule has 0 fully saturated rings. The van der Waals surface area contributed by atoms with Gasteiger partial charge in [-0.3, -0.25) is 0 Å². The van der Waals surface area contributed by atoms with Crippen LogP contribution in [0.1, 0.15) is 11.3 Å². The molecule has 0 N–H and O–H groups in total. The summed E-state index contributed by atoms with van der Waals surface area (Å²) in [7, 11) is 0. The van der Waals surface area contributed by atoms with Gasteiger partial charge in [0.2, 0.25) is 0 Å². The lowest BCUT2D eigenvalue weighted by molar-refractivity contribution is -0.137. The average molecular weight is 291 g/mol. The molecular weight excluding hydrogens is 283 g/mol. The third-order valence-corrected chi connectivity index (χ3v) is 3.09. The van der Waals surface area contributed by atoms with Crippen LogP contribution in [0.25, 0.3) is 11.1 Å². The van der Waals surface area contributed by atoms with E-state index in [0.29, 0.717) is 16.8 Å². The summed E-state index contributed by atoms with van der Waals surface area (Å²) >= 11 is 0. The van der Waals surface area contributed by atoms with Gasteiger partial charge in [-0.15, -0.1) is 0 Å². The van der Waals surface area contributed by atoms with Crippen molar-refractivity contribution in [3.8, 4) is 11.1 Å². The van der Waals surface area contributed by atoms with E-state index in [1.807, 2.05) is 0 Å². The van der Waals surface area contributed by atoms with Gasteiger partial charge < -0.3 is 0 Å². The molecule has 0 saturated heterocycles. The van der Waals surface area contributed by atoms with Crippen LogP contribution in [0.2, 0.25) is 0 Å². The highest BCUT2D eigenvalue weighted by Crippen LogP contribution is 2.32. The Bertz CT molecular complexity index is 872. The first-order chi connectivity index (χ1) is 9.84. The van der Waals surface area contributed by atoms with Gasteiger partial charge in [0, 0.05) is 11.3 Å². The van der Waals surface area contributed by atoms with Crippen LogP contribution in [0.5, 0.6) is 0 Å². The van der Waals surface area contributed by atoms with Crippen LogP contribution >= 0.6 is 0 Å². The van der Waals surface area contributed by atoms with Crippen LogP contribution in [0, 0.1) is 6.92 Å². The number of aromatic nitrogens is 1. The smallest absolute Gasteiger partial charge is 0.244 e. The fourth-order valence-corrected chi connectivity index (χ4v) is 2.12. The molecular formula is C14H8F3N3O. The zero-order valence-electron chi connectivity index (χ0n) is 10.8. The van der Waals surface area contributed by atoms with Gasteiger partial charge in [-0.05, 0) is 30.7 Å². The molecule has 3 rings (SSSR count). The van der Waals surface area contributed by atoms with E-state index in [9.17, 15) is 18.0 Å². The fourth-order valence-electron chi connectivity index (χ4n) is 2.12. The van der Waals surface area contributed by atoms with E-state index in [0.717, 1.165) is 12.1 Å². The Kier molecular flexibility index (Phi) is 2.86. The van der Waals surface area contributed by atoms with Crippen molar-refractivity contribution in [1.82, 2.24) is 4.98 Å². The molecule has 0 spiro atoms. The second-order valence-electron chi connectivity index (χ2n) is 4.55. The second-order valence-corrected chi connectivity index (χ2v) is 4.55. The number of halogens is 3. The van der Waals surface area contributed by atoms with Crippen molar-refractivity contribution in [3.05, 3.63) is 52.4 Å². The number of benzene rings is 1. The van der Waals surface area contributed by atoms with Crippen molar-refractivity contribution in [2.24, 2.45) is 9.98 Å². The summed E-state index contributed by atoms with van der Waals surface area (Å²) in [5.41, 5.74) is 0.813. The Morgan fingerprint density at radius 3 is 2.57 bits per heavy atom. The largest absolute Gasteiger partial charge is 0.416 e.